The first kappa shape index (κ1) is 21.3. The molecule has 1 fully saturated rings. The smallest absolute Gasteiger partial charge is 0.340 e. The highest BCUT2D eigenvalue weighted by molar-refractivity contribution is 7.89. The zero-order valence-corrected chi connectivity index (χ0v) is 17.3. The van der Waals surface area contributed by atoms with Crippen molar-refractivity contribution in [2.45, 2.75) is 17.7 Å². The maximum Gasteiger partial charge on any atom is 0.340 e. The second-order valence-corrected chi connectivity index (χ2v) is 8.83. The molecular weight excluding hydrogens is 418 g/mol. The summed E-state index contributed by atoms with van der Waals surface area (Å²) in [5.74, 6) is -0.672. The highest BCUT2D eigenvalue weighted by Gasteiger charge is 2.28. The number of carbonyl (C=O) groups is 2. The zero-order chi connectivity index (χ0) is 21.0. The van der Waals surface area contributed by atoms with Gasteiger partial charge in [0.1, 0.15) is 5.75 Å². The number of methoxy groups -OCH3 is 1. The molecule has 0 atom stereocenters. The van der Waals surface area contributed by atoms with Crippen molar-refractivity contribution in [1.82, 2.24) is 4.31 Å². The normalized spacial score (nSPS) is 14.6. The van der Waals surface area contributed by atoms with E-state index in [4.69, 9.17) is 21.1 Å². The summed E-state index contributed by atoms with van der Waals surface area (Å²) in [6.45, 7) is 0.396. The third kappa shape index (κ3) is 4.77. The fourth-order valence-electron chi connectivity index (χ4n) is 2.97. The number of ether oxygens (including phenoxy) is 2. The first-order chi connectivity index (χ1) is 13.8. The van der Waals surface area contributed by atoms with Gasteiger partial charge >= 0.3 is 5.97 Å². The zero-order valence-electron chi connectivity index (χ0n) is 15.8. The van der Waals surface area contributed by atoms with Gasteiger partial charge in [-0.3, -0.25) is 4.79 Å². The molecule has 1 saturated heterocycles. The molecule has 9 heteroatoms. The molecule has 0 aromatic heterocycles. The number of nitrogens with zero attached hydrogens (tertiary/aromatic N) is 1. The van der Waals surface area contributed by atoms with Crippen molar-refractivity contribution in [3.8, 4) is 5.75 Å². The number of sulfonamides is 1. The number of ketones is 1. The summed E-state index contributed by atoms with van der Waals surface area (Å²) in [4.78, 5) is 24.6. The third-order valence-electron chi connectivity index (χ3n) is 4.61. The summed E-state index contributed by atoms with van der Waals surface area (Å²) < 4.78 is 36.8. The van der Waals surface area contributed by atoms with Crippen LogP contribution in [-0.2, 0) is 14.8 Å². The van der Waals surface area contributed by atoms with Crippen LogP contribution in [0.15, 0.2) is 47.4 Å². The molecule has 2 aromatic carbocycles. The standard InChI is InChI=1S/C20H20ClNO6S/c1-27-15-6-4-14(5-7-15)19(23)13-28-20(24)17-12-16(8-9-18(17)21)29(25,26)22-10-2-3-11-22/h4-9,12H,2-3,10-11,13H2,1H3. The van der Waals surface area contributed by atoms with E-state index in [0.29, 0.717) is 24.4 Å². The van der Waals surface area contributed by atoms with E-state index in [-0.39, 0.29) is 15.5 Å². The molecule has 29 heavy (non-hydrogen) atoms. The van der Waals surface area contributed by atoms with E-state index in [2.05, 4.69) is 0 Å². The number of hydrogen-bond acceptors (Lipinski definition) is 6. The van der Waals surface area contributed by atoms with Crippen LogP contribution in [0.1, 0.15) is 33.6 Å². The lowest BCUT2D eigenvalue weighted by Crippen LogP contribution is -2.28. The molecule has 1 aliphatic heterocycles. The summed E-state index contributed by atoms with van der Waals surface area (Å²) in [6, 6.07) is 10.3. The van der Waals surface area contributed by atoms with Gasteiger partial charge in [0.05, 0.1) is 22.6 Å². The number of carbonyl (C=O) groups excluding carboxylic acids is 2. The Labute approximate surface area is 174 Å². The predicted octanol–water partition coefficient (Wildman–Crippen LogP) is 3.17. The van der Waals surface area contributed by atoms with E-state index in [9.17, 15) is 18.0 Å². The molecule has 1 aliphatic rings. The second kappa shape index (κ2) is 8.94. The molecule has 0 amide bonds. The van der Waals surface area contributed by atoms with Crippen LogP contribution in [0.25, 0.3) is 0 Å². The number of hydrogen-bond donors (Lipinski definition) is 0. The number of esters is 1. The van der Waals surface area contributed by atoms with Crippen LogP contribution in [0.3, 0.4) is 0 Å². The quantitative estimate of drug-likeness (QED) is 0.488. The van der Waals surface area contributed by atoms with Gasteiger partial charge < -0.3 is 9.47 Å². The first-order valence-electron chi connectivity index (χ1n) is 8.97. The van der Waals surface area contributed by atoms with Gasteiger partial charge in [-0.1, -0.05) is 11.6 Å². The van der Waals surface area contributed by atoms with Crippen molar-refractivity contribution in [3.05, 3.63) is 58.6 Å². The van der Waals surface area contributed by atoms with Gasteiger partial charge in [0.15, 0.2) is 12.4 Å². The van der Waals surface area contributed by atoms with Crippen LogP contribution >= 0.6 is 11.6 Å². The molecule has 0 aliphatic carbocycles. The van der Waals surface area contributed by atoms with Crippen molar-refractivity contribution < 1.29 is 27.5 Å². The Hall–Kier alpha value is -2.42. The molecular formula is C20H20ClNO6S. The Morgan fingerprint density at radius 2 is 1.72 bits per heavy atom. The molecule has 2 aromatic rings. The van der Waals surface area contributed by atoms with Crippen molar-refractivity contribution >= 4 is 33.4 Å². The summed E-state index contributed by atoms with van der Waals surface area (Å²) >= 11 is 6.06. The van der Waals surface area contributed by atoms with Crippen molar-refractivity contribution in [2.75, 3.05) is 26.8 Å². The Morgan fingerprint density at radius 1 is 1.07 bits per heavy atom. The van der Waals surface area contributed by atoms with E-state index < -0.39 is 28.4 Å². The summed E-state index contributed by atoms with van der Waals surface area (Å²) in [5.41, 5.74) is 0.254. The number of benzene rings is 2. The van der Waals surface area contributed by atoms with Crippen LogP contribution in [-0.4, -0.2) is 51.3 Å². The number of rotatable bonds is 7. The molecule has 7 nitrogen and oxygen atoms in total. The highest BCUT2D eigenvalue weighted by atomic mass is 35.5. The fourth-order valence-corrected chi connectivity index (χ4v) is 4.71. The average Bonchev–Trinajstić information content (AvgIpc) is 3.28. The third-order valence-corrected chi connectivity index (χ3v) is 6.83. The van der Waals surface area contributed by atoms with Gasteiger partial charge in [-0.2, -0.15) is 4.31 Å². The minimum absolute atomic E-state index is 0.0303. The van der Waals surface area contributed by atoms with Gasteiger partial charge in [-0.05, 0) is 55.3 Å². The Kier molecular flexibility index (Phi) is 6.56. The minimum atomic E-state index is -3.70. The van der Waals surface area contributed by atoms with Crippen LogP contribution in [0.2, 0.25) is 5.02 Å². The van der Waals surface area contributed by atoms with Gasteiger partial charge in [-0.15, -0.1) is 0 Å². The number of halogens is 1. The topological polar surface area (TPSA) is 90.0 Å². The summed E-state index contributed by atoms with van der Waals surface area (Å²) in [5, 5.41) is 0.0484. The first-order valence-corrected chi connectivity index (χ1v) is 10.8. The Bertz CT molecular complexity index is 1010. The molecule has 3 rings (SSSR count). The van der Waals surface area contributed by atoms with Crippen molar-refractivity contribution in [3.63, 3.8) is 0 Å². The average molecular weight is 438 g/mol. The molecule has 1 heterocycles. The maximum atomic E-state index is 12.7. The SMILES string of the molecule is COc1ccc(C(=O)COC(=O)c2cc(S(=O)(=O)N3CCCC3)ccc2Cl)cc1. The maximum absolute atomic E-state index is 12.7. The Balaban J connectivity index is 1.72. The van der Waals surface area contributed by atoms with Crippen LogP contribution in [0, 0.1) is 0 Å². The van der Waals surface area contributed by atoms with Crippen LogP contribution in [0.4, 0.5) is 0 Å². The Morgan fingerprint density at radius 3 is 2.34 bits per heavy atom. The lowest BCUT2D eigenvalue weighted by molar-refractivity contribution is 0.0474. The number of Topliss-reactive ketones (excluding diaryl/α,β-unsaturated/α-hetero) is 1. The van der Waals surface area contributed by atoms with Gasteiger partial charge in [0, 0.05) is 18.7 Å². The van der Waals surface area contributed by atoms with E-state index in [1.54, 1.807) is 24.3 Å². The van der Waals surface area contributed by atoms with Crippen molar-refractivity contribution in [1.29, 1.82) is 0 Å². The van der Waals surface area contributed by atoms with E-state index in [1.807, 2.05) is 0 Å². The lowest BCUT2D eigenvalue weighted by Gasteiger charge is -2.16. The molecule has 0 radical (unpaired) electrons. The summed E-state index contributed by atoms with van der Waals surface area (Å²) in [7, 11) is -2.19. The molecule has 0 bridgehead atoms. The van der Waals surface area contributed by atoms with E-state index in [1.165, 1.54) is 29.6 Å². The predicted molar refractivity (Wildman–Crippen MR) is 107 cm³/mol. The van der Waals surface area contributed by atoms with Crippen molar-refractivity contribution in [2.24, 2.45) is 0 Å². The monoisotopic (exact) mass is 437 g/mol. The largest absolute Gasteiger partial charge is 0.497 e. The van der Waals surface area contributed by atoms with Crippen LogP contribution < -0.4 is 4.74 Å². The molecule has 0 unspecified atom stereocenters. The minimum Gasteiger partial charge on any atom is -0.497 e. The van der Waals surface area contributed by atoms with Gasteiger partial charge in [-0.25, -0.2) is 13.2 Å². The second-order valence-electron chi connectivity index (χ2n) is 6.48. The summed E-state index contributed by atoms with van der Waals surface area (Å²) in [6.07, 6.45) is 1.60. The van der Waals surface area contributed by atoms with E-state index >= 15 is 0 Å². The molecule has 0 saturated carbocycles. The van der Waals surface area contributed by atoms with Gasteiger partial charge in [0.25, 0.3) is 0 Å². The fraction of sp³-hybridized carbons (Fsp3) is 0.300. The molecule has 0 spiro atoms. The van der Waals surface area contributed by atoms with Crippen LogP contribution in [0.5, 0.6) is 5.75 Å². The lowest BCUT2D eigenvalue weighted by atomic mass is 10.1. The van der Waals surface area contributed by atoms with Gasteiger partial charge in [0.2, 0.25) is 10.0 Å². The molecule has 0 N–H and O–H groups in total. The highest BCUT2D eigenvalue weighted by Crippen LogP contribution is 2.26. The molecule has 154 valence electrons. The van der Waals surface area contributed by atoms with E-state index in [0.717, 1.165) is 12.8 Å².